The monoisotopic (exact) mass is 241 g/mol. The average molecular weight is 241 g/mol. The molecule has 3 rings (SSSR count). The highest BCUT2D eigenvalue weighted by molar-refractivity contribution is 6.03. The summed E-state index contributed by atoms with van der Waals surface area (Å²) >= 11 is 0. The van der Waals surface area contributed by atoms with Crippen molar-refractivity contribution in [3.8, 4) is 5.75 Å². The van der Waals surface area contributed by atoms with Crippen molar-refractivity contribution < 1.29 is 9.90 Å². The number of carbonyl (C=O) groups excluding carboxylic acids is 1. The maximum Gasteiger partial charge on any atom is 0.255 e. The summed E-state index contributed by atoms with van der Waals surface area (Å²) in [4.78, 5) is 12.0. The molecule has 1 fully saturated rings. The van der Waals surface area contributed by atoms with Crippen LogP contribution in [0.4, 0.5) is 0 Å². The van der Waals surface area contributed by atoms with Crippen molar-refractivity contribution in [1.82, 2.24) is 5.32 Å². The van der Waals surface area contributed by atoms with Crippen LogP contribution in [0.3, 0.4) is 0 Å². The molecule has 0 spiro atoms. The summed E-state index contributed by atoms with van der Waals surface area (Å²) in [6.45, 7) is 0. The molecule has 2 N–H and O–H groups in total. The van der Waals surface area contributed by atoms with Crippen LogP contribution in [0.2, 0.25) is 0 Å². The van der Waals surface area contributed by atoms with Crippen LogP contribution in [0.25, 0.3) is 10.8 Å². The van der Waals surface area contributed by atoms with Crippen LogP contribution in [0.1, 0.15) is 29.6 Å². The molecule has 0 saturated heterocycles. The zero-order chi connectivity index (χ0) is 12.5. The van der Waals surface area contributed by atoms with Gasteiger partial charge >= 0.3 is 0 Å². The van der Waals surface area contributed by atoms with Crippen LogP contribution in [0, 0.1) is 0 Å². The molecule has 3 nitrogen and oxygen atoms in total. The molecule has 0 radical (unpaired) electrons. The maximum absolute atomic E-state index is 12.0. The fourth-order valence-electron chi connectivity index (χ4n) is 2.25. The molecule has 3 heteroatoms. The van der Waals surface area contributed by atoms with Gasteiger partial charge < -0.3 is 10.4 Å². The van der Waals surface area contributed by atoms with Crippen molar-refractivity contribution in [3.05, 3.63) is 42.0 Å². The number of hydrogen-bond acceptors (Lipinski definition) is 2. The van der Waals surface area contributed by atoms with Crippen LogP contribution < -0.4 is 5.32 Å². The van der Waals surface area contributed by atoms with E-state index >= 15 is 0 Å². The van der Waals surface area contributed by atoms with E-state index in [9.17, 15) is 9.90 Å². The first-order valence-electron chi connectivity index (χ1n) is 6.27. The fourth-order valence-corrected chi connectivity index (χ4v) is 2.25. The van der Waals surface area contributed by atoms with Crippen molar-refractivity contribution in [2.75, 3.05) is 0 Å². The van der Waals surface area contributed by atoms with Gasteiger partial charge in [0, 0.05) is 11.4 Å². The Morgan fingerprint density at radius 3 is 2.67 bits per heavy atom. The molecule has 0 bridgehead atoms. The van der Waals surface area contributed by atoms with Crippen LogP contribution in [-0.4, -0.2) is 17.1 Å². The van der Waals surface area contributed by atoms with Crippen molar-refractivity contribution in [2.24, 2.45) is 0 Å². The van der Waals surface area contributed by atoms with E-state index in [4.69, 9.17) is 0 Å². The van der Waals surface area contributed by atoms with E-state index < -0.39 is 0 Å². The molecule has 0 aromatic heterocycles. The van der Waals surface area contributed by atoms with Gasteiger partial charge in [0.1, 0.15) is 5.75 Å². The smallest absolute Gasteiger partial charge is 0.255 e. The fraction of sp³-hybridized carbons (Fsp3) is 0.267. The number of phenols is 1. The van der Waals surface area contributed by atoms with Gasteiger partial charge in [-0.1, -0.05) is 30.3 Å². The summed E-state index contributed by atoms with van der Waals surface area (Å²) in [6, 6.07) is 11.3. The lowest BCUT2D eigenvalue weighted by atomic mass is 9.93. The predicted octanol–water partition coefficient (Wildman–Crippen LogP) is 2.83. The molecule has 2 aromatic carbocycles. The number of carbonyl (C=O) groups is 1. The second-order valence-electron chi connectivity index (χ2n) is 4.78. The molecule has 1 aliphatic carbocycles. The summed E-state index contributed by atoms with van der Waals surface area (Å²) in [6.07, 6.45) is 3.26. The third-order valence-electron chi connectivity index (χ3n) is 3.59. The second kappa shape index (κ2) is 4.33. The molecule has 18 heavy (non-hydrogen) atoms. The van der Waals surface area contributed by atoms with E-state index in [1.165, 1.54) is 6.42 Å². The highest BCUT2D eigenvalue weighted by atomic mass is 16.3. The molecule has 0 heterocycles. The number of hydrogen-bond donors (Lipinski definition) is 2. The molecule has 1 aliphatic rings. The molecule has 1 saturated carbocycles. The highest BCUT2D eigenvalue weighted by Crippen LogP contribution is 2.29. The molecule has 0 atom stereocenters. The minimum atomic E-state index is -0.178. The third kappa shape index (κ3) is 1.82. The molecule has 0 unspecified atom stereocenters. The number of rotatable bonds is 2. The van der Waals surface area contributed by atoms with Crippen molar-refractivity contribution in [3.63, 3.8) is 0 Å². The van der Waals surface area contributed by atoms with Gasteiger partial charge in [-0.3, -0.25) is 4.79 Å². The minimum absolute atomic E-state index is 0.0740. The van der Waals surface area contributed by atoms with Crippen molar-refractivity contribution >= 4 is 16.7 Å². The van der Waals surface area contributed by atoms with Crippen LogP contribution in [-0.2, 0) is 0 Å². The summed E-state index contributed by atoms with van der Waals surface area (Å²) in [7, 11) is 0. The molecule has 92 valence electrons. The first-order valence-corrected chi connectivity index (χ1v) is 6.27. The number of benzene rings is 2. The van der Waals surface area contributed by atoms with Gasteiger partial charge in [-0.25, -0.2) is 0 Å². The van der Waals surface area contributed by atoms with Gasteiger partial charge in [0.2, 0.25) is 0 Å². The standard InChI is InChI=1S/C15H15NO2/c17-14-12-7-2-1-4-10(12)8-9-13(14)15(18)16-11-5-3-6-11/h1-2,4,7-9,11,17H,3,5-6H2,(H,16,18). The molecular formula is C15H15NO2. The summed E-state index contributed by atoms with van der Waals surface area (Å²) in [5.41, 5.74) is 0.362. The van der Waals surface area contributed by atoms with Gasteiger partial charge in [-0.05, 0) is 30.7 Å². The Bertz CT molecular complexity index is 602. The van der Waals surface area contributed by atoms with Gasteiger partial charge in [-0.15, -0.1) is 0 Å². The molecule has 0 aliphatic heterocycles. The zero-order valence-electron chi connectivity index (χ0n) is 10.0. The third-order valence-corrected chi connectivity index (χ3v) is 3.59. The first-order chi connectivity index (χ1) is 8.75. The highest BCUT2D eigenvalue weighted by Gasteiger charge is 2.22. The van der Waals surface area contributed by atoms with E-state index in [0.29, 0.717) is 5.56 Å². The van der Waals surface area contributed by atoms with Crippen molar-refractivity contribution in [2.45, 2.75) is 25.3 Å². The lowest BCUT2D eigenvalue weighted by molar-refractivity contribution is 0.0914. The summed E-state index contributed by atoms with van der Waals surface area (Å²) in [5.74, 6) is -0.104. The normalized spacial score (nSPS) is 15.3. The molecule has 1 amide bonds. The van der Waals surface area contributed by atoms with Crippen LogP contribution in [0.15, 0.2) is 36.4 Å². The lowest BCUT2D eigenvalue weighted by Crippen LogP contribution is -2.39. The largest absolute Gasteiger partial charge is 0.506 e. The Labute approximate surface area is 105 Å². The number of phenolic OH excluding ortho intramolecular Hbond substituents is 1. The quantitative estimate of drug-likeness (QED) is 0.849. The predicted molar refractivity (Wildman–Crippen MR) is 70.7 cm³/mol. The number of nitrogens with one attached hydrogen (secondary N) is 1. The SMILES string of the molecule is O=C(NC1CCC1)c1ccc2ccccc2c1O. The van der Waals surface area contributed by atoms with Gasteiger partial charge in [0.05, 0.1) is 5.56 Å². The van der Waals surface area contributed by atoms with Crippen LogP contribution in [0.5, 0.6) is 5.75 Å². The average Bonchev–Trinajstić information content (AvgIpc) is 2.34. The van der Waals surface area contributed by atoms with E-state index in [-0.39, 0.29) is 17.7 Å². The van der Waals surface area contributed by atoms with E-state index in [2.05, 4.69) is 5.32 Å². The van der Waals surface area contributed by atoms with E-state index in [1.807, 2.05) is 30.3 Å². The lowest BCUT2D eigenvalue weighted by Gasteiger charge is -2.26. The topological polar surface area (TPSA) is 49.3 Å². The number of amides is 1. The minimum Gasteiger partial charge on any atom is -0.506 e. The summed E-state index contributed by atoms with van der Waals surface area (Å²) in [5, 5.41) is 14.8. The summed E-state index contributed by atoms with van der Waals surface area (Å²) < 4.78 is 0. The zero-order valence-corrected chi connectivity index (χ0v) is 10.0. The first kappa shape index (κ1) is 11.1. The Morgan fingerprint density at radius 1 is 1.17 bits per heavy atom. The van der Waals surface area contributed by atoms with Gasteiger partial charge in [0.25, 0.3) is 5.91 Å². The molecule has 2 aromatic rings. The Hall–Kier alpha value is -2.03. The van der Waals surface area contributed by atoms with Gasteiger partial charge in [-0.2, -0.15) is 0 Å². The Balaban J connectivity index is 1.96. The van der Waals surface area contributed by atoms with Crippen molar-refractivity contribution in [1.29, 1.82) is 0 Å². The number of fused-ring (bicyclic) bond motifs is 1. The maximum atomic E-state index is 12.0. The molecular weight excluding hydrogens is 226 g/mol. The second-order valence-corrected chi connectivity index (χ2v) is 4.78. The number of aromatic hydroxyl groups is 1. The Morgan fingerprint density at radius 2 is 1.94 bits per heavy atom. The van der Waals surface area contributed by atoms with Crippen LogP contribution >= 0.6 is 0 Å². The van der Waals surface area contributed by atoms with E-state index in [0.717, 1.165) is 23.6 Å². The van der Waals surface area contributed by atoms with Gasteiger partial charge in [0.15, 0.2) is 0 Å². The van der Waals surface area contributed by atoms with E-state index in [1.54, 1.807) is 6.07 Å². The Kier molecular flexibility index (Phi) is 2.67.